The first-order valence-corrected chi connectivity index (χ1v) is 11.1. The van der Waals surface area contributed by atoms with Crippen molar-refractivity contribution >= 4 is 23.4 Å². The summed E-state index contributed by atoms with van der Waals surface area (Å²) in [4.78, 5) is 12.7. The Morgan fingerprint density at radius 3 is 2.43 bits per heavy atom. The van der Waals surface area contributed by atoms with Crippen molar-refractivity contribution in [3.05, 3.63) is 59.9 Å². The number of amides is 1. The van der Waals surface area contributed by atoms with Gasteiger partial charge in [-0.2, -0.15) is 0 Å². The van der Waals surface area contributed by atoms with E-state index in [0.717, 1.165) is 18.5 Å². The zero-order valence-electron chi connectivity index (χ0n) is 17.3. The van der Waals surface area contributed by atoms with E-state index in [0.29, 0.717) is 22.5 Å². The van der Waals surface area contributed by atoms with Crippen LogP contribution in [0.25, 0.3) is 11.4 Å². The van der Waals surface area contributed by atoms with Crippen LogP contribution < -0.4 is 5.32 Å². The highest BCUT2D eigenvalue weighted by Gasteiger charge is 2.32. The number of carbonyl (C=O) groups is 1. The molecule has 1 amide bonds. The largest absolute Gasteiger partial charge is 0.325 e. The van der Waals surface area contributed by atoms with E-state index < -0.39 is 0 Å². The van der Waals surface area contributed by atoms with Crippen LogP contribution in [0.2, 0.25) is 0 Å². The third kappa shape index (κ3) is 4.41. The molecule has 30 heavy (non-hydrogen) atoms. The predicted octanol–water partition coefficient (Wildman–Crippen LogP) is 5.66. The molecule has 0 spiro atoms. The summed E-state index contributed by atoms with van der Waals surface area (Å²) >= 11 is 1.35. The number of benzene rings is 2. The molecule has 0 bridgehead atoms. The van der Waals surface area contributed by atoms with E-state index in [2.05, 4.69) is 29.4 Å². The Kier molecular flexibility index (Phi) is 5.90. The molecule has 156 valence electrons. The summed E-state index contributed by atoms with van der Waals surface area (Å²) in [7, 11) is 0. The number of thioether (sulfide) groups is 1. The van der Waals surface area contributed by atoms with Gasteiger partial charge < -0.3 is 5.32 Å². The molecule has 1 N–H and O–H groups in total. The van der Waals surface area contributed by atoms with E-state index in [1.54, 1.807) is 18.2 Å². The second kappa shape index (κ2) is 8.60. The normalized spacial score (nSPS) is 14.7. The van der Waals surface area contributed by atoms with Gasteiger partial charge in [-0.3, -0.25) is 9.36 Å². The molecule has 7 heteroatoms. The molecule has 1 aromatic heterocycles. The third-order valence-corrected chi connectivity index (χ3v) is 6.24. The van der Waals surface area contributed by atoms with Crippen LogP contribution in [0.1, 0.15) is 51.1 Å². The van der Waals surface area contributed by atoms with E-state index in [4.69, 9.17) is 0 Å². The molecule has 1 heterocycles. The monoisotopic (exact) mass is 424 g/mol. The highest BCUT2D eigenvalue weighted by molar-refractivity contribution is 8.00. The van der Waals surface area contributed by atoms with Crippen LogP contribution in [0.5, 0.6) is 0 Å². The van der Waals surface area contributed by atoms with E-state index in [9.17, 15) is 9.18 Å². The lowest BCUT2D eigenvalue weighted by Crippen LogP contribution is -2.23. The van der Waals surface area contributed by atoms with E-state index in [1.807, 2.05) is 35.8 Å². The van der Waals surface area contributed by atoms with Crippen molar-refractivity contribution in [2.45, 2.75) is 56.0 Å². The molecule has 0 radical (unpaired) electrons. The van der Waals surface area contributed by atoms with Crippen LogP contribution in [0.3, 0.4) is 0 Å². The van der Waals surface area contributed by atoms with Crippen molar-refractivity contribution < 1.29 is 9.18 Å². The molecule has 4 rings (SSSR count). The number of carbonyl (C=O) groups excluding carboxylic acids is 1. The average Bonchev–Trinajstić information content (AvgIpc) is 3.49. The first-order chi connectivity index (χ1) is 14.4. The molecule has 1 aliphatic rings. The van der Waals surface area contributed by atoms with Crippen LogP contribution in [0, 0.1) is 5.82 Å². The Bertz CT molecular complexity index is 1040. The van der Waals surface area contributed by atoms with Crippen LogP contribution in [0.4, 0.5) is 10.1 Å². The van der Waals surface area contributed by atoms with Crippen molar-refractivity contribution in [3.63, 3.8) is 0 Å². The van der Waals surface area contributed by atoms with Gasteiger partial charge in [-0.05, 0) is 55.5 Å². The maximum absolute atomic E-state index is 14.3. The third-order valence-electron chi connectivity index (χ3n) is 5.19. The molecule has 2 aromatic carbocycles. The van der Waals surface area contributed by atoms with Gasteiger partial charge in [-0.15, -0.1) is 10.2 Å². The lowest BCUT2D eigenvalue weighted by atomic mass is 10.0. The quantitative estimate of drug-likeness (QED) is 0.497. The van der Waals surface area contributed by atoms with Crippen LogP contribution in [-0.2, 0) is 4.79 Å². The van der Waals surface area contributed by atoms with Crippen molar-refractivity contribution in [2.24, 2.45) is 0 Å². The number of halogens is 1. The fraction of sp³-hybridized carbons (Fsp3) is 0.348. The van der Waals surface area contributed by atoms with Crippen molar-refractivity contribution in [1.82, 2.24) is 14.8 Å². The maximum atomic E-state index is 14.3. The molecule has 1 aliphatic carbocycles. The van der Waals surface area contributed by atoms with Crippen molar-refractivity contribution in [2.75, 3.05) is 5.32 Å². The minimum Gasteiger partial charge on any atom is -0.325 e. The zero-order chi connectivity index (χ0) is 21.3. The van der Waals surface area contributed by atoms with Gasteiger partial charge in [0.2, 0.25) is 5.91 Å². The van der Waals surface area contributed by atoms with Gasteiger partial charge in [0.15, 0.2) is 11.0 Å². The van der Waals surface area contributed by atoms with Gasteiger partial charge in [-0.25, -0.2) is 4.39 Å². The zero-order valence-corrected chi connectivity index (χ0v) is 18.1. The Morgan fingerprint density at radius 1 is 1.10 bits per heavy atom. The molecule has 0 saturated heterocycles. The Hall–Kier alpha value is -2.67. The summed E-state index contributed by atoms with van der Waals surface area (Å²) in [6.45, 7) is 6.12. The Balaban J connectivity index is 1.50. The highest BCUT2D eigenvalue weighted by atomic mass is 32.2. The SMILES string of the molecule is CC(C)c1ccc(NC(=O)[C@H](C)Sc2nnc(-c3ccccc3F)n2C2CC2)cc1. The first kappa shape index (κ1) is 20.6. The van der Waals surface area contributed by atoms with E-state index >= 15 is 0 Å². The molecule has 1 fully saturated rings. The second-order valence-corrected chi connectivity index (χ2v) is 9.22. The lowest BCUT2D eigenvalue weighted by Gasteiger charge is -2.14. The summed E-state index contributed by atoms with van der Waals surface area (Å²) in [5.41, 5.74) is 2.44. The molecule has 5 nitrogen and oxygen atoms in total. The molecule has 1 atom stereocenters. The Labute approximate surface area is 180 Å². The minimum absolute atomic E-state index is 0.102. The summed E-state index contributed by atoms with van der Waals surface area (Å²) in [6, 6.07) is 14.8. The summed E-state index contributed by atoms with van der Waals surface area (Å²) < 4.78 is 16.3. The number of nitrogens with one attached hydrogen (secondary N) is 1. The number of rotatable bonds is 7. The van der Waals surface area contributed by atoms with Gasteiger partial charge >= 0.3 is 0 Å². The molecule has 3 aromatic rings. The minimum atomic E-state index is -0.370. The number of aromatic nitrogens is 3. The summed E-state index contributed by atoms with van der Waals surface area (Å²) in [5, 5.41) is 11.8. The van der Waals surface area contributed by atoms with Gasteiger partial charge in [0, 0.05) is 11.7 Å². The number of nitrogens with zero attached hydrogens (tertiary/aromatic N) is 3. The first-order valence-electron chi connectivity index (χ1n) is 10.2. The predicted molar refractivity (Wildman–Crippen MR) is 118 cm³/mol. The van der Waals surface area contributed by atoms with Crippen molar-refractivity contribution in [1.29, 1.82) is 0 Å². The number of hydrogen-bond acceptors (Lipinski definition) is 4. The number of anilines is 1. The fourth-order valence-electron chi connectivity index (χ4n) is 3.25. The van der Waals surface area contributed by atoms with E-state index in [-0.39, 0.29) is 23.0 Å². The summed E-state index contributed by atoms with van der Waals surface area (Å²) in [6.07, 6.45) is 2.02. The lowest BCUT2D eigenvalue weighted by molar-refractivity contribution is -0.115. The van der Waals surface area contributed by atoms with Crippen LogP contribution in [-0.4, -0.2) is 25.9 Å². The smallest absolute Gasteiger partial charge is 0.237 e. The van der Waals surface area contributed by atoms with E-state index in [1.165, 1.54) is 23.4 Å². The Morgan fingerprint density at radius 2 is 1.80 bits per heavy atom. The van der Waals surface area contributed by atoms with Gasteiger partial charge in [0.1, 0.15) is 5.82 Å². The molecule has 0 aliphatic heterocycles. The second-order valence-electron chi connectivity index (χ2n) is 7.91. The maximum Gasteiger partial charge on any atom is 0.237 e. The number of hydrogen-bond donors (Lipinski definition) is 1. The van der Waals surface area contributed by atoms with Gasteiger partial charge in [0.25, 0.3) is 0 Å². The molecular formula is C23H25FN4OS. The molecule has 0 unspecified atom stereocenters. The molecular weight excluding hydrogens is 399 g/mol. The summed E-state index contributed by atoms with van der Waals surface area (Å²) in [5.74, 6) is 0.547. The van der Waals surface area contributed by atoms with Crippen LogP contribution >= 0.6 is 11.8 Å². The standard InChI is InChI=1S/C23H25FN4OS/c1-14(2)16-8-10-17(11-9-16)25-22(29)15(3)30-23-27-26-21(28(23)18-12-13-18)19-6-4-5-7-20(19)24/h4-11,14-15,18H,12-13H2,1-3H3,(H,25,29)/t15-/m0/s1. The highest BCUT2D eigenvalue weighted by Crippen LogP contribution is 2.42. The van der Waals surface area contributed by atoms with Crippen molar-refractivity contribution in [3.8, 4) is 11.4 Å². The average molecular weight is 425 g/mol. The van der Waals surface area contributed by atoms with Crippen LogP contribution in [0.15, 0.2) is 53.7 Å². The van der Waals surface area contributed by atoms with Gasteiger partial charge in [-0.1, -0.05) is 49.9 Å². The fourth-order valence-corrected chi connectivity index (χ4v) is 4.17. The van der Waals surface area contributed by atoms with Gasteiger partial charge in [0.05, 0.1) is 10.8 Å². The topological polar surface area (TPSA) is 59.8 Å². The molecule has 1 saturated carbocycles.